The molecule has 3 aromatic carbocycles. The lowest BCUT2D eigenvalue weighted by atomic mass is 9.99. The molecule has 1 N–H and O–H groups in total. The van der Waals surface area contributed by atoms with Crippen LogP contribution in [0.4, 0.5) is 11.4 Å². The van der Waals surface area contributed by atoms with Gasteiger partial charge in [0.2, 0.25) is 5.91 Å². The van der Waals surface area contributed by atoms with Gasteiger partial charge in [0.05, 0.1) is 29.0 Å². The molecule has 0 atom stereocenters. The third kappa shape index (κ3) is 6.17. The second-order valence-corrected chi connectivity index (χ2v) is 9.43. The Morgan fingerprint density at radius 1 is 1.08 bits per heavy atom. The summed E-state index contributed by atoms with van der Waals surface area (Å²) in [6, 6.07) is 25.7. The minimum absolute atomic E-state index is 0.0908. The van der Waals surface area contributed by atoms with E-state index in [0.29, 0.717) is 27.8 Å². The van der Waals surface area contributed by atoms with Crippen molar-refractivity contribution < 1.29 is 14.5 Å². The van der Waals surface area contributed by atoms with Crippen LogP contribution in [0.15, 0.2) is 83.9 Å². The average Bonchev–Trinajstić information content (AvgIpc) is 2.94. The molecule has 1 aromatic heterocycles. The number of hydrogen-bond acceptors (Lipinski definition) is 7. The molecule has 38 heavy (non-hydrogen) atoms. The number of carbonyl (C=O) groups is 1. The maximum absolute atomic E-state index is 12.6. The number of aromatic nitrogens is 1. The number of thioether (sulfide) groups is 1. The third-order valence-electron chi connectivity index (χ3n) is 5.84. The molecule has 8 nitrogen and oxygen atoms in total. The van der Waals surface area contributed by atoms with Gasteiger partial charge in [0, 0.05) is 35.4 Å². The number of carbonyl (C=O) groups excluding carboxylic acids is 1. The van der Waals surface area contributed by atoms with Gasteiger partial charge in [0.25, 0.3) is 5.69 Å². The minimum atomic E-state index is -0.500. The van der Waals surface area contributed by atoms with Crippen LogP contribution >= 0.6 is 11.8 Å². The van der Waals surface area contributed by atoms with Crippen LogP contribution in [-0.4, -0.2) is 28.7 Å². The Labute approximate surface area is 224 Å². The van der Waals surface area contributed by atoms with Crippen molar-refractivity contribution in [3.05, 3.63) is 100 Å². The Morgan fingerprint density at radius 3 is 2.47 bits per heavy atom. The summed E-state index contributed by atoms with van der Waals surface area (Å²) >= 11 is 1.32. The number of pyridine rings is 1. The molecule has 0 aliphatic rings. The predicted octanol–water partition coefficient (Wildman–Crippen LogP) is 6.63. The fraction of sp³-hybridized carbons (Fsp3) is 0.138. The highest BCUT2D eigenvalue weighted by atomic mass is 32.2. The van der Waals surface area contributed by atoms with Gasteiger partial charge >= 0.3 is 0 Å². The van der Waals surface area contributed by atoms with Crippen LogP contribution in [0.25, 0.3) is 22.4 Å². The van der Waals surface area contributed by atoms with Gasteiger partial charge in [-0.25, -0.2) is 4.98 Å². The standard InChI is InChI=1S/C29H24N4O4S/c1-19-8-11-22(33(35)36)16-26(19)31-28(34)14-15-38-29-25(18-30)24(20-9-12-23(37-2)13-10-20)17-27(32-29)21-6-4-3-5-7-21/h3-13,16-17H,14-15H2,1-2H3,(H,31,34). The van der Waals surface area contributed by atoms with E-state index in [1.165, 1.54) is 23.9 Å². The molecular weight excluding hydrogens is 500 g/mol. The molecule has 1 amide bonds. The Kier molecular flexibility index (Phi) is 8.36. The van der Waals surface area contributed by atoms with E-state index in [9.17, 15) is 20.2 Å². The third-order valence-corrected chi connectivity index (χ3v) is 6.82. The largest absolute Gasteiger partial charge is 0.497 e. The topological polar surface area (TPSA) is 118 Å². The molecule has 0 unspecified atom stereocenters. The summed E-state index contributed by atoms with van der Waals surface area (Å²) in [5.74, 6) is 0.792. The average molecular weight is 525 g/mol. The lowest BCUT2D eigenvalue weighted by Crippen LogP contribution is -2.13. The van der Waals surface area contributed by atoms with Gasteiger partial charge in [-0.1, -0.05) is 48.5 Å². The first-order valence-electron chi connectivity index (χ1n) is 11.7. The second-order valence-electron chi connectivity index (χ2n) is 8.34. The zero-order valence-electron chi connectivity index (χ0n) is 20.8. The molecule has 0 saturated heterocycles. The first-order chi connectivity index (χ1) is 18.4. The number of nitrogens with zero attached hydrogens (tertiary/aromatic N) is 3. The van der Waals surface area contributed by atoms with Crippen LogP contribution in [0, 0.1) is 28.4 Å². The predicted molar refractivity (Wildman–Crippen MR) is 148 cm³/mol. The maximum atomic E-state index is 12.6. The fourth-order valence-electron chi connectivity index (χ4n) is 3.80. The van der Waals surface area contributed by atoms with Crippen molar-refractivity contribution in [3.63, 3.8) is 0 Å². The van der Waals surface area contributed by atoms with E-state index < -0.39 is 4.92 Å². The van der Waals surface area contributed by atoms with Crippen LogP contribution in [0.5, 0.6) is 5.75 Å². The molecule has 4 rings (SSSR count). The summed E-state index contributed by atoms with van der Waals surface area (Å²) in [4.78, 5) is 28.0. The Hall–Kier alpha value is -4.68. The summed E-state index contributed by atoms with van der Waals surface area (Å²) in [5, 5.41) is 24.4. The van der Waals surface area contributed by atoms with Crippen LogP contribution < -0.4 is 10.1 Å². The molecule has 1 heterocycles. The zero-order chi connectivity index (χ0) is 27.1. The number of anilines is 1. The van der Waals surface area contributed by atoms with Gasteiger partial charge in [0.15, 0.2) is 0 Å². The van der Waals surface area contributed by atoms with Crippen LogP contribution in [0.1, 0.15) is 17.5 Å². The van der Waals surface area contributed by atoms with Crippen molar-refractivity contribution in [2.24, 2.45) is 0 Å². The first-order valence-corrected chi connectivity index (χ1v) is 12.7. The van der Waals surface area contributed by atoms with Gasteiger partial charge in [-0.05, 0) is 36.2 Å². The Bertz CT molecular complexity index is 1520. The van der Waals surface area contributed by atoms with Crippen LogP contribution in [0.2, 0.25) is 0 Å². The number of methoxy groups -OCH3 is 1. The van der Waals surface area contributed by atoms with Crippen molar-refractivity contribution in [1.29, 1.82) is 5.26 Å². The van der Waals surface area contributed by atoms with Crippen molar-refractivity contribution >= 4 is 29.0 Å². The fourth-order valence-corrected chi connectivity index (χ4v) is 4.74. The molecule has 0 saturated carbocycles. The highest BCUT2D eigenvalue weighted by molar-refractivity contribution is 7.99. The summed E-state index contributed by atoms with van der Waals surface area (Å²) in [6.07, 6.45) is 0.132. The molecule has 4 aromatic rings. The van der Waals surface area contributed by atoms with E-state index in [-0.39, 0.29) is 18.0 Å². The van der Waals surface area contributed by atoms with Gasteiger partial charge in [-0.3, -0.25) is 14.9 Å². The highest BCUT2D eigenvalue weighted by Crippen LogP contribution is 2.35. The normalized spacial score (nSPS) is 10.4. The zero-order valence-corrected chi connectivity index (χ0v) is 21.6. The number of amides is 1. The summed E-state index contributed by atoms with van der Waals surface area (Å²) < 4.78 is 5.27. The monoisotopic (exact) mass is 524 g/mol. The van der Waals surface area contributed by atoms with Crippen LogP contribution in [-0.2, 0) is 4.79 Å². The second kappa shape index (κ2) is 12.0. The molecule has 0 aliphatic heterocycles. The minimum Gasteiger partial charge on any atom is -0.497 e. The number of ether oxygens (including phenoxy) is 1. The van der Waals surface area contributed by atoms with E-state index in [4.69, 9.17) is 9.72 Å². The molecule has 0 bridgehead atoms. The Morgan fingerprint density at radius 2 is 1.82 bits per heavy atom. The maximum Gasteiger partial charge on any atom is 0.271 e. The summed E-state index contributed by atoms with van der Waals surface area (Å²) in [7, 11) is 1.60. The number of nitro groups is 1. The molecule has 0 aliphatic carbocycles. The number of non-ortho nitro benzene ring substituents is 1. The quantitative estimate of drug-likeness (QED) is 0.148. The van der Waals surface area contributed by atoms with Crippen molar-refractivity contribution in [3.8, 4) is 34.2 Å². The number of hydrogen-bond donors (Lipinski definition) is 1. The van der Waals surface area contributed by atoms with Crippen molar-refractivity contribution in [2.75, 3.05) is 18.2 Å². The number of rotatable bonds is 9. The highest BCUT2D eigenvalue weighted by Gasteiger charge is 2.17. The number of nitro benzene ring substituents is 1. The smallest absolute Gasteiger partial charge is 0.271 e. The van der Waals surface area contributed by atoms with Crippen LogP contribution in [0.3, 0.4) is 0 Å². The van der Waals surface area contributed by atoms with Gasteiger partial charge in [-0.15, -0.1) is 11.8 Å². The van der Waals surface area contributed by atoms with Crippen molar-refractivity contribution in [1.82, 2.24) is 4.98 Å². The van der Waals surface area contributed by atoms with E-state index in [2.05, 4.69) is 11.4 Å². The van der Waals surface area contributed by atoms with Gasteiger partial charge in [0.1, 0.15) is 16.8 Å². The number of aryl methyl sites for hydroxylation is 1. The molecule has 0 fully saturated rings. The summed E-state index contributed by atoms with van der Waals surface area (Å²) in [5.41, 5.74) is 4.68. The van der Waals surface area contributed by atoms with Gasteiger partial charge in [-0.2, -0.15) is 5.26 Å². The van der Waals surface area contributed by atoms with Crippen molar-refractivity contribution in [2.45, 2.75) is 18.4 Å². The molecular formula is C29H24N4O4S. The van der Waals surface area contributed by atoms with E-state index in [0.717, 1.165) is 27.9 Å². The first kappa shape index (κ1) is 26.4. The summed E-state index contributed by atoms with van der Waals surface area (Å²) in [6.45, 7) is 1.77. The Balaban J connectivity index is 1.59. The van der Waals surface area contributed by atoms with Gasteiger partial charge < -0.3 is 10.1 Å². The number of nitriles is 1. The van der Waals surface area contributed by atoms with E-state index in [1.54, 1.807) is 20.1 Å². The van der Waals surface area contributed by atoms with E-state index >= 15 is 0 Å². The molecule has 0 radical (unpaired) electrons. The van der Waals surface area contributed by atoms with E-state index in [1.807, 2.05) is 60.7 Å². The lowest BCUT2D eigenvalue weighted by Gasteiger charge is -2.13. The number of benzene rings is 3. The lowest BCUT2D eigenvalue weighted by molar-refractivity contribution is -0.384. The molecule has 190 valence electrons. The molecule has 9 heteroatoms. The number of nitrogens with one attached hydrogen (secondary N) is 1. The SMILES string of the molecule is COc1ccc(-c2cc(-c3ccccc3)nc(SCCC(=O)Nc3cc([N+](=O)[O-])ccc3C)c2C#N)cc1. The molecule has 0 spiro atoms.